The molecule has 0 spiro atoms. The van der Waals surface area contributed by atoms with E-state index < -0.39 is 74.4 Å². The summed E-state index contributed by atoms with van der Waals surface area (Å²) < 4.78 is 217. The van der Waals surface area contributed by atoms with Crippen molar-refractivity contribution >= 4 is 56.2 Å². The SMILES string of the molecule is CC(C)O.CC(C)O.CCN(CC(=O)O)S(=O)(=O)C(F)(F)C(F)(F)C(F)(F)C(F)(F)C(F)(F)C(F)(F)C(F)(F)F.O.[Cl][Cr][Cl].[Cl][Cr][Cl].[OH3+].[OH3+]. The van der Waals surface area contributed by atoms with Crippen molar-refractivity contribution in [3.63, 3.8) is 0 Å². The number of halogens is 19. The minimum Gasteiger partial charge on any atom is -0.457 e. The van der Waals surface area contributed by atoms with Crippen molar-refractivity contribution in [2.24, 2.45) is 0 Å². The van der Waals surface area contributed by atoms with E-state index in [1.54, 1.807) is 27.7 Å². The maximum Gasteiger partial charge on any atom is -0.457 e. The number of aliphatic hydroxyl groups is 2. The summed E-state index contributed by atoms with van der Waals surface area (Å²) in [5.41, 5.74) is 0. The first kappa shape index (κ1) is 67.5. The van der Waals surface area contributed by atoms with Gasteiger partial charge in [0.2, 0.25) is 0 Å². The van der Waals surface area contributed by atoms with Crippen LogP contribution in [0.1, 0.15) is 34.6 Å². The van der Waals surface area contributed by atoms with Crippen molar-refractivity contribution in [3.05, 3.63) is 0 Å². The van der Waals surface area contributed by atoms with Gasteiger partial charge in [0.25, 0.3) is 10.0 Å². The summed E-state index contributed by atoms with van der Waals surface area (Å²) in [7, 11) is 11.9. The van der Waals surface area contributed by atoms with E-state index in [0.29, 0.717) is 6.92 Å². The Morgan fingerprint density at radius 3 is 1.04 bits per heavy atom. The van der Waals surface area contributed by atoms with Gasteiger partial charge in [-0.2, -0.15) is 70.2 Å². The van der Waals surface area contributed by atoms with Crippen molar-refractivity contribution in [3.8, 4) is 0 Å². The summed E-state index contributed by atoms with van der Waals surface area (Å²) in [6, 6.07) is 0. The number of rotatable bonds is 10. The van der Waals surface area contributed by atoms with Crippen molar-refractivity contribution < 1.29 is 138 Å². The van der Waals surface area contributed by atoms with E-state index >= 15 is 0 Å². The molecule has 0 radical (unpaired) electrons. The zero-order valence-electron chi connectivity index (χ0n) is 24.6. The Morgan fingerprint density at radius 2 is 0.857 bits per heavy atom. The number of carboxylic acids is 1. The van der Waals surface area contributed by atoms with E-state index in [1.165, 1.54) is 0 Å². The second-order valence-electron chi connectivity index (χ2n) is 8.02. The van der Waals surface area contributed by atoms with Crippen LogP contribution in [-0.4, -0.2) is 106 Å². The molecule has 0 aliphatic carbocycles. The fraction of sp³-hybridized carbons (Fsp3) is 0.941. The molecular formula is C17H32Cl4Cr2F15NO9S+2. The molecule has 0 rings (SSSR count). The Morgan fingerprint density at radius 1 is 0.653 bits per heavy atom. The molecule has 0 bridgehead atoms. The molecular weight excluding hydrogens is 925 g/mol. The second-order valence-corrected chi connectivity index (χ2v) is 14.2. The first-order chi connectivity index (χ1) is 19.9. The predicted molar refractivity (Wildman–Crippen MR) is 141 cm³/mol. The van der Waals surface area contributed by atoms with Crippen LogP contribution in [0.5, 0.6) is 0 Å². The van der Waals surface area contributed by atoms with Crippen LogP contribution >= 0.6 is 40.2 Å². The monoisotopic (exact) mass is 955 g/mol. The smallest absolute Gasteiger partial charge is 0.457 e. The number of aliphatic hydroxyl groups excluding tert-OH is 2. The molecule has 0 aromatic rings. The third-order valence-corrected chi connectivity index (χ3v) is 5.60. The molecule has 0 saturated heterocycles. The predicted octanol–water partition coefficient (Wildman–Crippen LogP) is 4.91. The van der Waals surface area contributed by atoms with Gasteiger partial charge < -0.3 is 31.7 Å². The minimum absolute atomic E-state index is 0. The number of aliphatic carboxylic acids is 1. The topological polar surface area (TPSA) is 213 Å². The number of carboxylic acid groups (broad SMARTS) is 1. The molecule has 0 aliphatic heterocycles. The summed E-state index contributed by atoms with van der Waals surface area (Å²) in [5, 5.41) is 16.8. The van der Waals surface area contributed by atoms with Crippen LogP contribution in [-0.2, 0) is 52.5 Å². The Hall–Kier alpha value is 0.355. The Kier molecular flexibility index (Phi) is 36.1. The summed E-state index contributed by atoms with van der Waals surface area (Å²) in [4.78, 5) is 10.4. The largest absolute Gasteiger partial charge is 0.457 e. The molecule has 0 heterocycles. The van der Waals surface area contributed by atoms with Crippen LogP contribution in [0.3, 0.4) is 0 Å². The fourth-order valence-electron chi connectivity index (χ4n) is 1.79. The van der Waals surface area contributed by atoms with Gasteiger partial charge in [-0.1, -0.05) is 6.92 Å². The Bertz CT molecular complexity index is 977. The average molecular weight is 957 g/mol. The van der Waals surface area contributed by atoms with E-state index in [-0.39, 0.29) is 55.4 Å². The molecule has 0 aliphatic rings. The van der Waals surface area contributed by atoms with E-state index in [4.69, 9.17) is 55.5 Å². The second kappa shape index (κ2) is 26.2. The number of nitrogens with zero attached hydrogens (tertiary/aromatic N) is 1. The maximum absolute atomic E-state index is 13.8. The number of carbonyl (C=O) groups is 1. The van der Waals surface area contributed by atoms with Gasteiger partial charge in [-0.3, -0.25) is 4.79 Å². The molecule has 0 aromatic heterocycles. The molecule has 49 heavy (non-hydrogen) atoms. The van der Waals surface area contributed by atoms with Crippen LogP contribution in [0, 0.1) is 0 Å². The van der Waals surface area contributed by atoms with Crippen LogP contribution in [0.4, 0.5) is 65.9 Å². The number of hydrogen-bond acceptors (Lipinski definition) is 5. The maximum atomic E-state index is 13.8. The van der Waals surface area contributed by atoms with Crippen molar-refractivity contribution in [1.29, 1.82) is 0 Å². The van der Waals surface area contributed by atoms with E-state index in [0.717, 1.165) is 0 Å². The van der Waals surface area contributed by atoms with Gasteiger partial charge in [-0.25, -0.2) is 8.42 Å². The third-order valence-electron chi connectivity index (χ3n) is 3.63. The van der Waals surface area contributed by atoms with Gasteiger partial charge in [0.1, 0.15) is 6.54 Å². The summed E-state index contributed by atoms with van der Waals surface area (Å²) in [6.45, 7) is 3.60. The summed E-state index contributed by atoms with van der Waals surface area (Å²) in [6.07, 6.45) is -8.12. The standard InChI is InChI=1S/C11H8F15NO4S.2C3H8O.4ClH.2Cr.3H2O/c1-2-27(3-4(28)29)32(30,31)11(25,26)9(20,21)7(16,17)5(12,13)6(14,15)8(18,19)10(22,23)24;2*1-3(2)4;;;;;;;;;/h2-3H2,1H3,(H,28,29);2*3-4H,1-2H3;4*1H;;;3*1H2/q;;;;;;;2*+2;;;/p-2. The van der Waals surface area contributed by atoms with E-state index in [1.807, 2.05) is 0 Å². The van der Waals surface area contributed by atoms with Crippen LogP contribution in [0.15, 0.2) is 0 Å². The Balaban J connectivity index is -0.000000140. The van der Waals surface area contributed by atoms with Crippen molar-refractivity contribution in [2.75, 3.05) is 13.1 Å². The van der Waals surface area contributed by atoms with Gasteiger partial charge in [0.05, 0.1) is 0 Å². The van der Waals surface area contributed by atoms with Crippen molar-refractivity contribution in [1.82, 2.24) is 4.31 Å². The molecule has 0 amide bonds. The first-order valence-electron chi connectivity index (χ1n) is 10.6. The zero-order valence-corrected chi connectivity index (χ0v) is 31.0. The normalized spacial score (nSPS) is 12.6. The van der Waals surface area contributed by atoms with Crippen LogP contribution in [0.25, 0.3) is 0 Å². The van der Waals surface area contributed by atoms with Crippen molar-refractivity contribution in [2.45, 2.75) is 87.9 Å². The number of alkyl halides is 15. The van der Waals surface area contributed by atoms with Gasteiger partial charge in [-0.05, 0) is 27.7 Å². The zero-order chi connectivity index (χ0) is 39.1. The van der Waals surface area contributed by atoms with Crippen LogP contribution in [0.2, 0.25) is 0 Å². The van der Waals surface area contributed by atoms with Gasteiger partial charge in [0.15, 0.2) is 0 Å². The number of likely N-dealkylation sites (N-methyl/N-ethyl adjacent to an activating group) is 1. The molecule has 32 heteroatoms. The summed E-state index contributed by atoms with van der Waals surface area (Å²) in [5.74, 6) is -44.6. The molecule has 0 aromatic carbocycles. The fourth-order valence-corrected chi connectivity index (χ4v) is 3.19. The number of hydrogen-bond donors (Lipinski definition) is 3. The van der Waals surface area contributed by atoms with Gasteiger partial charge in [-0.15, -0.1) is 0 Å². The first-order valence-corrected chi connectivity index (χ1v) is 19.1. The molecule has 0 fully saturated rings. The third kappa shape index (κ3) is 18.3. The van der Waals surface area contributed by atoms with E-state index in [9.17, 15) is 79.1 Å². The van der Waals surface area contributed by atoms with E-state index in [2.05, 4.69) is 0 Å². The molecule has 10 nitrogen and oxygen atoms in total. The number of sulfonamides is 1. The van der Waals surface area contributed by atoms with Gasteiger partial charge >= 0.3 is 114 Å². The van der Waals surface area contributed by atoms with Gasteiger partial charge in [0, 0.05) is 18.8 Å². The molecule has 0 saturated carbocycles. The molecule has 0 unspecified atom stereocenters. The Labute approximate surface area is 298 Å². The minimum atomic E-state index is -8.65. The molecule has 0 atom stereocenters. The summed E-state index contributed by atoms with van der Waals surface area (Å²) >= 11 is -0.361. The molecule has 308 valence electrons. The average Bonchev–Trinajstić information content (AvgIpc) is 2.81. The van der Waals surface area contributed by atoms with Crippen LogP contribution < -0.4 is 0 Å². The quantitative estimate of drug-likeness (QED) is 0.204. The molecule has 11 N–H and O–H groups in total.